The summed E-state index contributed by atoms with van der Waals surface area (Å²) in [4.78, 5) is 10.6. The molecule has 0 rings (SSSR count). The van der Waals surface area contributed by atoms with E-state index in [0.717, 1.165) is 12.0 Å². The molecule has 0 atom stereocenters. The second kappa shape index (κ2) is 3.44. The van der Waals surface area contributed by atoms with E-state index < -0.39 is 0 Å². The second-order valence-electron chi connectivity index (χ2n) is 2.76. The number of carbonyl (C=O) groups is 1. The highest BCUT2D eigenvalue weighted by atomic mass is 16.1. The average Bonchev–Trinajstić information content (AvgIpc) is 1.63. The van der Waals surface area contributed by atoms with Gasteiger partial charge in [-0.15, -0.1) is 0 Å². The number of hydrogen-bond acceptors (Lipinski definition) is 1. The van der Waals surface area contributed by atoms with Crippen LogP contribution in [-0.2, 0) is 4.79 Å². The maximum Gasteiger partial charge on any atom is 0.155 e. The molecule has 0 N–H and O–H groups in total. The van der Waals surface area contributed by atoms with Crippen LogP contribution in [0.2, 0.25) is 0 Å². The van der Waals surface area contributed by atoms with Crippen LogP contribution in [0.15, 0.2) is 12.2 Å². The Labute approximate surface area is 56.8 Å². The molecule has 0 aromatic rings. The van der Waals surface area contributed by atoms with Gasteiger partial charge in [-0.1, -0.05) is 20.4 Å². The molecule has 0 aromatic heterocycles. The summed E-state index contributed by atoms with van der Waals surface area (Å²) in [6.45, 7) is 9.36. The first-order valence-corrected chi connectivity index (χ1v) is 3.22. The fourth-order valence-corrected chi connectivity index (χ4v) is 0.637. The number of carbonyl (C=O) groups excluding carboxylic acids is 1. The van der Waals surface area contributed by atoms with E-state index in [9.17, 15) is 4.79 Å². The largest absolute Gasteiger partial charge is 0.295 e. The lowest BCUT2D eigenvalue weighted by molar-refractivity contribution is -0.113. The van der Waals surface area contributed by atoms with E-state index >= 15 is 0 Å². The molecule has 9 heavy (non-hydrogen) atoms. The van der Waals surface area contributed by atoms with Crippen LogP contribution < -0.4 is 0 Å². The van der Waals surface area contributed by atoms with Gasteiger partial charge >= 0.3 is 0 Å². The van der Waals surface area contributed by atoms with E-state index in [1.54, 1.807) is 6.92 Å². The van der Waals surface area contributed by atoms with Crippen molar-refractivity contribution < 1.29 is 4.79 Å². The third-order valence-electron chi connectivity index (χ3n) is 1.15. The summed E-state index contributed by atoms with van der Waals surface area (Å²) in [5.41, 5.74) is 0.741. The fourth-order valence-electron chi connectivity index (χ4n) is 0.637. The van der Waals surface area contributed by atoms with Gasteiger partial charge in [0.05, 0.1) is 0 Å². The molecule has 0 aliphatic heterocycles. The van der Waals surface area contributed by atoms with Crippen molar-refractivity contribution in [1.29, 1.82) is 0 Å². The maximum absolute atomic E-state index is 10.6. The predicted octanol–water partition coefficient (Wildman–Crippen LogP) is 2.18. The van der Waals surface area contributed by atoms with Crippen LogP contribution in [0.5, 0.6) is 0 Å². The van der Waals surface area contributed by atoms with Crippen molar-refractivity contribution in [3.8, 4) is 0 Å². The lowest BCUT2D eigenvalue weighted by Crippen LogP contribution is -1.98. The summed E-state index contributed by atoms with van der Waals surface area (Å²) >= 11 is 0. The zero-order valence-electron chi connectivity index (χ0n) is 6.40. The monoisotopic (exact) mass is 126 g/mol. The van der Waals surface area contributed by atoms with Gasteiger partial charge in [0, 0.05) is 0 Å². The Bertz CT molecular complexity index is 123. The summed E-state index contributed by atoms with van der Waals surface area (Å²) in [6.07, 6.45) is 0.829. The Balaban J connectivity index is 3.65. The lowest BCUT2D eigenvalue weighted by atomic mass is 10.0. The first-order chi connectivity index (χ1) is 4.04. The van der Waals surface area contributed by atoms with Gasteiger partial charge in [-0.2, -0.15) is 0 Å². The molecule has 0 aliphatic carbocycles. The van der Waals surface area contributed by atoms with Gasteiger partial charge in [0.15, 0.2) is 5.78 Å². The SMILES string of the molecule is C=C(CC(C)C)C(C)=O. The molecule has 52 valence electrons. The highest BCUT2D eigenvalue weighted by Crippen LogP contribution is 2.08. The van der Waals surface area contributed by atoms with Crippen LogP contribution in [0.3, 0.4) is 0 Å². The van der Waals surface area contributed by atoms with Crippen molar-refractivity contribution in [2.75, 3.05) is 0 Å². The highest BCUT2D eigenvalue weighted by Gasteiger charge is 2.01. The van der Waals surface area contributed by atoms with Crippen molar-refractivity contribution in [1.82, 2.24) is 0 Å². The van der Waals surface area contributed by atoms with E-state index in [4.69, 9.17) is 0 Å². The van der Waals surface area contributed by atoms with Gasteiger partial charge in [-0.05, 0) is 24.8 Å². The van der Waals surface area contributed by atoms with Crippen LogP contribution in [0.25, 0.3) is 0 Å². The predicted molar refractivity (Wildman–Crippen MR) is 39.3 cm³/mol. The smallest absolute Gasteiger partial charge is 0.155 e. The Morgan fingerprint density at radius 3 is 2.11 bits per heavy atom. The standard InChI is InChI=1S/C8H14O/c1-6(2)5-7(3)8(4)9/h6H,3,5H2,1-2,4H3. The number of Topliss-reactive ketones (excluding diaryl/α,β-unsaturated/α-hetero) is 1. The van der Waals surface area contributed by atoms with Crippen molar-refractivity contribution in [2.45, 2.75) is 27.2 Å². The molecule has 0 aromatic carbocycles. The third-order valence-corrected chi connectivity index (χ3v) is 1.15. The van der Waals surface area contributed by atoms with Crippen LogP contribution in [0, 0.1) is 5.92 Å². The fraction of sp³-hybridized carbons (Fsp3) is 0.625. The van der Waals surface area contributed by atoms with Gasteiger partial charge in [-0.25, -0.2) is 0 Å². The molecule has 0 aliphatic rings. The van der Waals surface area contributed by atoms with Crippen LogP contribution in [0.4, 0.5) is 0 Å². The normalized spacial score (nSPS) is 9.78. The second-order valence-corrected chi connectivity index (χ2v) is 2.76. The minimum Gasteiger partial charge on any atom is -0.295 e. The molecule has 0 radical (unpaired) electrons. The van der Waals surface area contributed by atoms with Gasteiger partial charge < -0.3 is 0 Å². The quantitative estimate of drug-likeness (QED) is 0.530. The Morgan fingerprint density at radius 1 is 1.56 bits per heavy atom. The minimum atomic E-state index is 0.115. The number of allylic oxidation sites excluding steroid dienone is 1. The molecule has 0 saturated heterocycles. The Morgan fingerprint density at radius 2 is 2.00 bits per heavy atom. The van der Waals surface area contributed by atoms with Gasteiger partial charge in [-0.3, -0.25) is 4.79 Å². The van der Waals surface area contributed by atoms with E-state index in [1.807, 2.05) is 0 Å². The van der Waals surface area contributed by atoms with E-state index in [0.29, 0.717) is 5.92 Å². The van der Waals surface area contributed by atoms with Gasteiger partial charge in [0.1, 0.15) is 0 Å². The van der Waals surface area contributed by atoms with Gasteiger partial charge in [0.25, 0.3) is 0 Å². The average molecular weight is 126 g/mol. The lowest BCUT2D eigenvalue weighted by Gasteiger charge is -2.02. The summed E-state index contributed by atoms with van der Waals surface area (Å²) in [7, 11) is 0. The molecular formula is C8H14O. The molecule has 0 saturated carbocycles. The van der Waals surface area contributed by atoms with E-state index in [1.165, 1.54) is 0 Å². The van der Waals surface area contributed by atoms with Crippen molar-refractivity contribution in [3.05, 3.63) is 12.2 Å². The van der Waals surface area contributed by atoms with Crippen molar-refractivity contribution >= 4 is 5.78 Å². The number of ketones is 1. The third kappa shape index (κ3) is 3.95. The van der Waals surface area contributed by atoms with Crippen molar-refractivity contribution in [2.24, 2.45) is 5.92 Å². The summed E-state index contributed by atoms with van der Waals surface area (Å²) in [5, 5.41) is 0. The van der Waals surface area contributed by atoms with Crippen molar-refractivity contribution in [3.63, 3.8) is 0 Å². The molecular weight excluding hydrogens is 112 g/mol. The molecule has 0 bridgehead atoms. The minimum absolute atomic E-state index is 0.115. The summed E-state index contributed by atoms with van der Waals surface area (Å²) < 4.78 is 0. The highest BCUT2D eigenvalue weighted by molar-refractivity contribution is 5.92. The zero-order chi connectivity index (χ0) is 7.44. The van der Waals surface area contributed by atoms with Crippen LogP contribution >= 0.6 is 0 Å². The first-order valence-electron chi connectivity index (χ1n) is 3.22. The van der Waals surface area contributed by atoms with Crippen LogP contribution in [-0.4, -0.2) is 5.78 Å². The Kier molecular flexibility index (Phi) is 3.21. The molecule has 0 spiro atoms. The molecule has 1 nitrogen and oxygen atoms in total. The summed E-state index contributed by atoms with van der Waals surface area (Å²) in [5.74, 6) is 0.658. The molecule has 0 unspecified atom stereocenters. The van der Waals surface area contributed by atoms with E-state index in [2.05, 4.69) is 20.4 Å². The Hall–Kier alpha value is -0.590. The maximum atomic E-state index is 10.6. The van der Waals surface area contributed by atoms with Crippen LogP contribution in [0.1, 0.15) is 27.2 Å². The van der Waals surface area contributed by atoms with Gasteiger partial charge in [0.2, 0.25) is 0 Å². The number of hydrogen-bond donors (Lipinski definition) is 0. The molecule has 0 heterocycles. The van der Waals surface area contributed by atoms with E-state index in [-0.39, 0.29) is 5.78 Å². The molecule has 1 heteroatoms. The first kappa shape index (κ1) is 8.41. The zero-order valence-corrected chi connectivity index (χ0v) is 6.40. The topological polar surface area (TPSA) is 17.1 Å². The summed E-state index contributed by atoms with van der Waals surface area (Å²) in [6, 6.07) is 0. The molecule has 0 fully saturated rings. The molecule has 0 amide bonds. The number of rotatable bonds is 3.